The molecule has 0 atom stereocenters. The van der Waals surface area contributed by atoms with E-state index in [1.807, 2.05) is 42.5 Å². The standard InChI is InChI=1S/C22H27FN4O.HI/c1-27(2)20(28)15-25-21(24-14-17-8-4-3-5-9-17)26-16-22(12-13-22)18-10-6-7-11-19(18)23;/h3-11H,12-16H2,1-2H3,(H2,24,25,26);1H. The van der Waals surface area contributed by atoms with Crippen molar-refractivity contribution in [2.45, 2.75) is 24.8 Å². The minimum Gasteiger partial charge on any atom is -0.355 e. The highest BCUT2D eigenvalue weighted by Crippen LogP contribution is 2.48. The van der Waals surface area contributed by atoms with E-state index in [9.17, 15) is 9.18 Å². The molecule has 0 spiro atoms. The van der Waals surface area contributed by atoms with Crippen molar-refractivity contribution < 1.29 is 9.18 Å². The number of likely N-dealkylation sites (N-methyl/N-ethyl adjacent to an activating group) is 1. The summed E-state index contributed by atoms with van der Waals surface area (Å²) in [6, 6.07) is 16.9. The van der Waals surface area contributed by atoms with Gasteiger partial charge in [0, 0.05) is 26.1 Å². The maximum atomic E-state index is 14.2. The Balaban J connectivity index is 0.00000300. The molecule has 0 heterocycles. The van der Waals surface area contributed by atoms with Crippen LogP contribution in [0.3, 0.4) is 0 Å². The molecule has 1 amide bonds. The second-order valence-corrected chi connectivity index (χ2v) is 7.41. The fourth-order valence-corrected chi connectivity index (χ4v) is 3.08. The first kappa shape index (κ1) is 23.1. The summed E-state index contributed by atoms with van der Waals surface area (Å²) in [5, 5.41) is 6.41. The monoisotopic (exact) mass is 510 g/mol. The van der Waals surface area contributed by atoms with Crippen LogP contribution in [0.2, 0.25) is 0 Å². The van der Waals surface area contributed by atoms with Crippen molar-refractivity contribution in [3.63, 3.8) is 0 Å². The number of aliphatic imine (C=N–C) groups is 1. The molecular formula is C22H28FIN4O. The van der Waals surface area contributed by atoms with Crippen LogP contribution in [0.25, 0.3) is 0 Å². The summed E-state index contributed by atoms with van der Waals surface area (Å²) in [5.41, 5.74) is 1.62. The summed E-state index contributed by atoms with van der Waals surface area (Å²) >= 11 is 0. The molecule has 1 saturated carbocycles. The van der Waals surface area contributed by atoms with Crippen LogP contribution < -0.4 is 10.6 Å². The number of benzene rings is 2. The molecule has 0 unspecified atom stereocenters. The Bertz CT molecular complexity index is 838. The van der Waals surface area contributed by atoms with E-state index >= 15 is 0 Å². The number of rotatable bonds is 7. The molecule has 29 heavy (non-hydrogen) atoms. The van der Waals surface area contributed by atoms with Crippen molar-refractivity contribution >= 4 is 35.8 Å². The highest BCUT2D eigenvalue weighted by Gasteiger charge is 2.45. The number of nitrogens with zero attached hydrogens (tertiary/aromatic N) is 2. The summed E-state index contributed by atoms with van der Waals surface area (Å²) in [7, 11) is 3.44. The van der Waals surface area contributed by atoms with Gasteiger partial charge in [0.1, 0.15) is 5.82 Å². The van der Waals surface area contributed by atoms with Crippen molar-refractivity contribution in [2.75, 3.05) is 27.2 Å². The number of amides is 1. The van der Waals surface area contributed by atoms with Gasteiger partial charge in [0.15, 0.2) is 5.96 Å². The lowest BCUT2D eigenvalue weighted by Gasteiger charge is -2.20. The molecule has 2 N–H and O–H groups in total. The minimum absolute atomic E-state index is 0. The van der Waals surface area contributed by atoms with Crippen LogP contribution in [0.15, 0.2) is 59.6 Å². The van der Waals surface area contributed by atoms with Gasteiger partial charge in [-0.25, -0.2) is 9.38 Å². The van der Waals surface area contributed by atoms with Gasteiger partial charge in [-0.2, -0.15) is 0 Å². The van der Waals surface area contributed by atoms with E-state index in [4.69, 9.17) is 0 Å². The van der Waals surface area contributed by atoms with Crippen LogP contribution in [0.1, 0.15) is 24.0 Å². The highest BCUT2D eigenvalue weighted by atomic mass is 127. The maximum absolute atomic E-state index is 14.2. The van der Waals surface area contributed by atoms with Crippen molar-refractivity contribution in [1.82, 2.24) is 15.5 Å². The van der Waals surface area contributed by atoms with Crippen LogP contribution in [-0.2, 0) is 16.8 Å². The summed E-state index contributed by atoms with van der Waals surface area (Å²) < 4.78 is 14.2. The molecular weight excluding hydrogens is 482 g/mol. The van der Waals surface area contributed by atoms with E-state index in [1.54, 1.807) is 20.2 Å². The Morgan fingerprint density at radius 1 is 1.07 bits per heavy atom. The SMILES string of the molecule is CN(C)C(=O)CNC(=NCc1ccccc1)NCC1(c2ccccc2F)CC1.I. The van der Waals surface area contributed by atoms with Crippen LogP contribution in [0.5, 0.6) is 0 Å². The van der Waals surface area contributed by atoms with Gasteiger partial charge >= 0.3 is 0 Å². The predicted octanol–water partition coefficient (Wildman–Crippen LogP) is 3.30. The molecule has 0 aliphatic heterocycles. The van der Waals surface area contributed by atoms with Crippen molar-refractivity contribution in [2.24, 2.45) is 4.99 Å². The highest BCUT2D eigenvalue weighted by molar-refractivity contribution is 14.0. The van der Waals surface area contributed by atoms with Crippen LogP contribution in [0, 0.1) is 5.82 Å². The molecule has 0 radical (unpaired) electrons. The number of guanidine groups is 1. The van der Waals surface area contributed by atoms with Gasteiger partial charge in [0.25, 0.3) is 0 Å². The number of carbonyl (C=O) groups excluding carboxylic acids is 1. The number of carbonyl (C=O) groups is 1. The molecule has 5 nitrogen and oxygen atoms in total. The van der Waals surface area contributed by atoms with Gasteiger partial charge in [-0.05, 0) is 30.0 Å². The quantitative estimate of drug-likeness (QED) is 0.342. The largest absolute Gasteiger partial charge is 0.355 e. The second kappa shape index (κ2) is 10.6. The van der Waals surface area contributed by atoms with Crippen LogP contribution >= 0.6 is 24.0 Å². The lowest BCUT2D eigenvalue weighted by molar-refractivity contribution is -0.127. The van der Waals surface area contributed by atoms with E-state index in [0.717, 1.165) is 24.0 Å². The van der Waals surface area contributed by atoms with Gasteiger partial charge in [0.2, 0.25) is 5.91 Å². The Kier molecular flexibility index (Phi) is 8.43. The minimum atomic E-state index is -0.202. The molecule has 1 aliphatic carbocycles. The lowest BCUT2D eigenvalue weighted by atomic mass is 9.95. The molecule has 0 bridgehead atoms. The Labute approximate surface area is 188 Å². The van der Waals surface area contributed by atoms with Gasteiger partial charge in [-0.15, -0.1) is 24.0 Å². The van der Waals surface area contributed by atoms with Crippen molar-refractivity contribution in [3.05, 3.63) is 71.5 Å². The molecule has 0 saturated heterocycles. The summed E-state index contributed by atoms with van der Waals surface area (Å²) in [4.78, 5) is 18.1. The van der Waals surface area contributed by atoms with E-state index in [0.29, 0.717) is 19.0 Å². The molecule has 2 aromatic carbocycles. The zero-order chi connectivity index (χ0) is 20.0. The fraction of sp³-hybridized carbons (Fsp3) is 0.364. The number of hydrogen-bond donors (Lipinski definition) is 2. The number of hydrogen-bond acceptors (Lipinski definition) is 2. The average Bonchev–Trinajstić information content (AvgIpc) is 3.49. The Morgan fingerprint density at radius 2 is 1.72 bits per heavy atom. The third-order valence-corrected chi connectivity index (χ3v) is 5.06. The molecule has 7 heteroatoms. The third-order valence-electron chi connectivity index (χ3n) is 5.06. The van der Waals surface area contributed by atoms with Crippen LogP contribution in [0.4, 0.5) is 4.39 Å². The van der Waals surface area contributed by atoms with Gasteiger partial charge in [-0.1, -0.05) is 48.5 Å². The Hall–Kier alpha value is -2.16. The second-order valence-electron chi connectivity index (χ2n) is 7.41. The maximum Gasteiger partial charge on any atom is 0.241 e. The first-order chi connectivity index (χ1) is 13.5. The zero-order valence-electron chi connectivity index (χ0n) is 16.8. The molecule has 1 fully saturated rings. The summed E-state index contributed by atoms with van der Waals surface area (Å²) in [5.74, 6) is 0.353. The number of nitrogens with one attached hydrogen (secondary N) is 2. The van der Waals surface area contributed by atoms with E-state index in [1.165, 1.54) is 11.0 Å². The summed E-state index contributed by atoms with van der Waals surface area (Å²) in [6.45, 7) is 1.23. The van der Waals surface area contributed by atoms with Gasteiger partial charge < -0.3 is 15.5 Å². The Morgan fingerprint density at radius 3 is 2.34 bits per heavy atom. The van der Waals surface area contributed by atoms with Gasteiger partial charge in [0.05, 0.1) is 13.1 Å². The lowest BCUT2D eigenvalue weighted by Crippen LogP contribution is -2.45. The van der Waals surface area contributed by atoms with Crippen molar-refractivity contribution in [1.29, 1.82) is 0 Å². The van der Waals surface area contributed by atoms with Crippen molar-refractivity contribution in [3.8, 4) is 0 Å². The molecule has 2 aromatic rings. The topological polar surface area (TPSA) is 56.7 Å². The van der Waals surface area contributed by atoms with Gasteiger partial charge in [-0.3, -0.25) is 4.79 Å². The first-order valence-corrected chi connectivity index (χ1v) is 9.51. The average molecular weight is 510 g/mol. The zero-order valence-corrected chi connectivity index (χ0v) is 19.2. The normalized spacial score (nSPS) is 14.5. The predicted molar refractivity (Wildman–Crippen MR) is 125 cm³/mol. The molecule has 156 valence electrons. The fourth-order valence-electron chi connectivity index (χ4n) is 3.08. The smallest absolute Gasteiger partial charge is 0.241 e. The van der Waals surface area contributed by atoms with E-state index < -0.39 is 0 Å². The number of halogens is 2. The summed E-state index contributed by atoms with van der Waals surface area (Å²) in [6.07, 6.45) is 1.87. The molecule has 3 rings (SSSR count). The molecule has 1 aliphatic rings. The molecule has 0 aromatic heterocycles. The van der Waals surface area contributed by atoms with E-state index in [-0.39, 0.29) is 47.7 Å². The van der Waals surface area contributed by atoms with Crippen LogP contribution in [-0.4, -0.2) is 44.0 Å². The first-order valence-electron chi connectivity index (χ1n) is 9.51. The third kappa shape index (κ3) is 6.42. The van der Waals surface area contributed by atoms with E-state index in [2.05, 4.69) is 15.6 Å².